The van der Waals surface area contributed by atoms with Crippen LogP contribution in [0.1, 0.15) is 42.1 Å². The first-order chi connectivity index (χ1) is 7.49. The molecule has 0 aromatic heterocycles. The first-order valence-corrected chi connectivity index (χ1v) is 5.52. The van der Waals surface area contributed by atoms with Gasteiger partial charge in [-0.2, -0.15) is 0 Å². The molecule has 3 heteroatoms. The molecule has 88 valence electrons. The number of carbonyl (C=O) groups is 1. The summed E-state index contributed by atoms with van der Waals surface area (Å²) in [7, 11) is 3.36. The number of carbonyl (C=O) groups excluding carboxylic acids is 1. The molecule has 1 aromatic rings. The number of hydrogen-bond donors (Lipinski definition) is 1. The lowest BCUT2D eigenvalue weighted by Gasteiger charge is -2.16. The van der Waals surface area contributed by atoms with Gasteiger partial charge in [0.15, 0.2) is 0 Å². The maximum absolute atomic E-state index is 11.8. The van der Waals surface area contributed by atoms with E-state index in [0.29, 0.717) is 5.56 Å². The van der Waals surface area contributed by atoms with Crippen LogP contribution in [0.2, 0.25) is 0 Å². The van der Waals surface area contributed by atoms with Crippen LogP contribution in [-0.2, 0) is 0 Å². The molecule has 0 bridgehead atoms. The summed E-state index contributed by atoms with van der Waals surface area (Å²) < 4.78 is 0. The van der Waals surface area contributed by atoms with Gasteiger partial charge in [-0.1, -0.05) is 26.0 Å². The van der Waals surface area contributed by atoms with Gasteiger partial charge < -0.3 is 10.0 Å². The summed E-state index contributed by atoms with van der Waals surface area (Å²) in [6, 6.07) is 5.34. The van der Waals surface area contributed by atoms with Crippen LogP contribution >= 0.6 is 0 Å². The van der Waals surface area contributed by atoms with Gasteiger partial charge in [0.1, 0.15) is 5.75 Å². The van der Waals surface area contributed by atoms with E-state index >= 15 is 0 Å². The highest BCUT2D eigenvalue weighted by Gasteiger charge is 2.17. The fourth-order valence-corrected chi connectivity index (χ4v) is 1.59. The minimum atomic E-state index is -0.164. The number of phenolic OH excluding ortho intramolecular Hbond substituents is 1. The highest BCUT2D eigenvalue weighted by atomic mass is 16.3. The molecule has 0 aliphatic heterocycles. The quantitative estimate of drug-likeness (QED) is 0.852. The molecule has 1 aromatic carbocycles. The van der Waals surface area contributed by atoms with Gasteiger partial charge in [-0.3, -0.25) is 4.79 Å². The second-order valence-electron chi connectivity index (χ2n) is 4.25. The normalized spacial score (nSPS) is 12.2. The molecule has 0 saturated heterocycles. The van der Waals surface area contributed by atoms with E-state index in [4.69, 9.17) is 0 Å². The Hall–Kier alpha value is -1.51. The van der Waals surface area contributed by atoms with Gasteiger partial charge in [-0.05, 0) is 24.0 Å². The Kier molecular flexibility index (Phi) is 3.93. The number of phenols is 1. The molecule has 0 spiro atoms. The van der Waals surface area contributed by atoms with Crippen molar-refractivity contribution in [3.8, 4) is 5.75 Å². The predicted octanol–water partition coefficient (Wildman–Crippen LogP) is 2.61. The van der Waals surface area contributed by atoms with Crippen molar-refractivity contribution >= 4 is 5.91 Å². The summed E-state index contributed by atoms with van der Waals surface area (Å²) in [4.78, 5) is 13.3. The Balaban J connectivity index is 3.18. The summed E-state index contributed by atoms with van der Waals surface area (Å²) in [5, 5.41) is 10.1. The fraction of sp³-hybridized carbons (Fsp3) is 0.462. The molecular weight excluding hydrogens is 202 g/mol. The third-order valence-electron chi connectivity index (χ3n) is 2.85. The number of para-hydroxylation sites is 1. The van der Waals surface area contributed by atoms with Gasteiger partial charge in [-0.25, -0.2) is 0 Å². The molecule has 1 atom stereocenters. The third kappa shape index (κ3) is 2.35. The van der Waals surface area contributed by atoms with E-state index in [-0.39, 0.29) is 17.6 Å². The van der Waals surface area contributed by atoms with E-state index in [9.17, 15) is 9.90 Å². The largest absolute Gasteiger partial charge is 0.507 e. The Morgan fingerprint density at radius 3 is 2.56 bits per heavy atom. The van der Waals surface area contributed by atoms with Gasteiger partial charge >= 0.3 is 0 Å². The van der Waals surface area contributed by atoms with Crippen molar-refractivity contribution in [1.82, 2.24) is 4.90 Å². The van der Waals surface area contributed by atoms with Crippen molar-refractivity contribution < 1.29 is 9.90 Å². The van der Waals surface area contributed by atoms with Crippen LogP contribution < -0.4 is 0 Å². The standard InChI is InChI=1S/C13H19NO2/c1-5-9(2)10-7-6-8-11(12(10)15)13(16)14(3)4/h6-9,15H,5H2,1-4H3. The molecule has 0 aliphatic rings. The van der Waals surface area contributed by atoms with Crippen molar-refractivity contribution in [2.24, 2.45) is 0 Å². The minimum absolute atomic E-state index is 0.121. The Morgan fingerprint density at radius 1 is 1.44 bits per heavy atom. The average molecular weight is 221 g/mol. The maximum atomic E-state index is 11.8. The molecular formula is C13H19NO2. The lowest BCUT2D eigenvalue weighted by atomic mass is 9.95. The van der Waals surface area contributed by atoms with Gasteiger partial charge in [0, 0.05) is 14.1 Å². The van der Waals surface area contributed by atoms with Gasteiger partial charge in [-0.15, -0.1) is 0 Å². The zero-order chi connectivity index (χ0) is 12.3. The molecule has 3 nitrogen and oxygen atoms in total. The lowest BCUT2D eigenvalue weighted by molar-refractivity contribution is 0.0824. The molecule has 0 aliphatic carbocycles. The zero-order valence-corrected chi connectivity index (χ0v) is 10.3. The van der Waals surface area contributed by atoms with Crippen molar-refractivity contribution in [3.63, 3.8) is 0 Å². The van der Waals surface area contributed by atoms with Crippen LogP contribution in [0, 0.1) is 0 Å². The Bertz CT molecular complexity index is 386. The topological polar surface area (TPSA) is 40.5 Å². The SMILES string of the molecule is CCC(C)c1cccc(C(=O)N(C)C)c1O. The number of rotatable bonds is 3. The first-order valence-electron chi connectivity index (χ1n) is 5.52. The zero-order valence-electron chi connectivity index (χ0n) is 10.3. The van der Waals surface area contributed by atoms with Crippen LogP contribution in [0.15, 0.2) is 18.2 Å². The van der Waals surface area contributed by atoms with E-state index in [1.165, 1.54) is 4.90 Å². The van der Waals surface area contributed by atoms with Crippen molar-refractivity contribution in [1.29, 1.82) is 0 Å². The van der Waals surface area contributed by atoms with Crippen molar-refractivity contribution in [3.05, 3.63) is 29.3 Å². The number of aromatic hydroxyl groups is 1. The molecule has 1 N–H and O–H groups in total. The summed E-state index contributed by atoms with van der Waals surface area (Å²) >= 11 is 0. The third-order valence-corrected chi connectivity index (χ3v) is 2.85. The molecule has 16 heavy (non-hydrogen) atoms. The van der Waals surface area contributed by atoms with Crippen LogP contribution in [-0.4, -0.2) is 30.0 Å². The van der Waals surface area contributed by atoms with E-state index in [2.05, 4.69) is 6.92 Å². The predicted molar refractivity (Wildman–Crippen MR) is 64.8 cm³/mol. The summed E-state index contributed by atoms with van der Waals surface area (Å²) in [6.07, 6.45) is 0.938. The number of amides is 1. The van der Waals surface area contributed by atoms with E-state index in [1.54, 1.807) is 20.2 Å². The van der Waals surface area contributed by atoms with Gasteiger partial charge in [0.2, 0.25) is 0 Å². The number of hydrogen-bond acceptors (Lipinski definition) is 2. The van der Waals surface area contributed by atoms with Crippen molar-refractivity contribution in [2.75, 3.05) is 14.1 Å². The lowest BCUT2D eigenvalue weighted by Crippen LogP contribution is -2.22. The van der Waals surface area contributed by atoms with Crippen LogP contribution in [0.3, 0.4) is 0 Å². The smallest absolute Gasteiger partial charge is 0.257 e. The molecule has 0 heterocycles. The van der Waals surface area contributed by atoms with Crippen LogP contribution in [0.25, 0.3) is 0 Å². The number of nitrogens with zero attached hydrogens (tertiary/aromatic N) is 1. The van der Waals surface area contributed by atoms with E-state index in [0.717, 1.165) is 12.0 Å². The summed E-state index contributed by atoms with van der Waals surface area (Å²) in [6.45, 7) is 4.10. The molecule has 0 fully saturated rings. The Morgan fingerprint density at radius 2 is 2.06 bits per heavy atom. The molecule has 0 radical (unpaired) electrons. The van der Waals surface area contributed by atoms with Crippen LogP contribution in [0.4, 0.5) is 0 Å². The summed E-state index contributed by atoms with van der Waals surface area (Å²) in [5.41, 5.74) is 1.22. The van der Waals surface area contributed by atoms with Gasteiger partial charge in [0.25, 0.3) is 5.91 Å². The molecule has 1 rings (SSSR count). The average Bonchev–Trinajstić information content (AvgIpc) is 2.27. The molecule has 1 amide bonds. The second-order valence-corrected chi connectivity index (χ2v) is 4.25. The van der Waals surface area contributed by atoms with E-state index in [1.807, 2.05) is 19.1 Å². The monoisotopic (exact) mass is 221 g/mol. The molecule has 1 unspecified atom stereocenters. The first kappa shape index (κ1) is 12.6. The Labute approximate surface area is 96.7 Å². The summed E-state index contributed by atoms with van der Waals surface area (Å²) in [5.74, 6) is 0.216. The van der Waals surface area contributed by atoms with Crippen LogP contribution in [0.5, 0.6) is 5.75 Å². The minimum Gasteiger partial charge on any atom is -0.507 e. The van der Waals surface area contributed by atoms with E-state index < -0.39 is 0 Å². The van der Waals surface area contributed by atoms with Crippen molar-refractivity contribution in [2.45, 2.75) is 26.2 Å². The number of benzene rings is 1. The second kappa shape index (κ2) is 5.01. The maximum Gasteiger partial charge on any atom is 0.257 e. The molecule has 0 saturated carbocycles. The van der Waals surface area contributed by atoms with Gasteiger partial charge in [0.05, 0.1) is 5.56 Å². The highest BCUT2D eigenvalue weighted by molar-refractivity contribution is 5.96. The fourth-order valence-electron chi connectivity index (χ4n) is 1.59. The highest BCUT2D eigenvalue weighted by Crippen LogP contribution is 2.31.